The van der Waals surface area contributed by atoms with E-state index in [1.807, 2.05) is 0 Å². The predicted octanol–water partition coefficient (Wildman–Crippen LogP) is 3.55. The number of hydrogen-bond donors (Lipinski definition) is 0. The summed E-state index contributed by atoms with van der Waals surface area (Å²) < 4.78 is 5.36. The Bertz CT molecular complexity index is 267. The second kappa shape index (κ2) is 4.94. The lowest BCUT2D eigenvalue weighted by molar-refractivity contribution is 0.0662. The van der Waals surface area contributed by atoms with Crippen molar-refractivity contribution in [1.82, 2.24) is 0 Å². The van der Waals surface area contributed by atoms with E-state index in [9.17, 15) is 0 Å². The Morgan fingerprint density at radius 1 is 1.14 bits per heavy atom. The van der Waals surface area contributed by atoms with Crippen LogP contribution >= 0.6 is 15.9 Å². The van der Waals surface area contributed by atoms with Crippen LogP contribution in [0.25, 0.3) is 0 Å². The molecule has 0 N–H and O–H groups in total. The van der Waals surface area contributed by atoms with Crippen LogP contribution in [-0.2, 0) is 4.74 Å². The van der Waals surface area contributed by atoms with Crippen LogP contribution < -0.4 is 0 Å². The molecule has 1 aromatic rings. The minimum absolute atomic E-state index is 0.493. The van der Waals surface area contributed by atoms with Crippen LogP contribution in [0, 0.1) is 5.92 Å². The smallest absolute Gasteiger partial charge is 0.0469 e. The molecule has 0 aromatic heterocycles. The number of hydrogen-bond acceptors (Lipinski definition) is 1. The average Bonchev–Trinajstić information content (AvgIpc) is 2.30. The number of benzene rings is 1. The molecule has 0 radical (unpaired) electrons. The molecule has 0 spiro atoms. The normalized spacial score (nSPS) is 20.6. The van der Waals surface area contributed by atoms with Gasteiger partial charge >= 0.3 is 0 Å². The van der Waals surface area contributed by atoms with Gasteiger partial charge in [0.25, 0.3) is 0 Å². The Hall–Kier alpha value is -0.340. The van der Waals surface area contributed by atoms with Crippen molar-refractivity contribution in [1.29, 1.82) is 0 Å². The summed E-state index contributed by atoms with van der Waals surface area (Å²) in [6.07, 6.45) is 2.34. The van der Waals surface area contributed by atoms with Crippen molar-refractivity contribution in [2.45, 2.75) is 17.7 Å². The Morgan fingerprint density at radius 2 is 1.79 bits per heavy atom. The highest BCUT2D eigenvalue weighted by Crippen LogP contribution is 2.36. The van der Waals surface area contributed by atoms with Crippen LogP contribution in [0.15, 0.2) is 30.3 Å². The molecule has 1 aromatic carbocycles. The van der Waals surface area contributed by atoms with E-state index in [1.165, 1.54) is 18.4 Å². The first-order valence-corrected chi connectivity index (χ1v) is 6.06. The van der Waals surface area contributed by atoms with Gasteiger partial charge in [0.1, 0.15) is 0 Å². The van der Waals surface area contributed by atoms with Gasteiger partial charge in [0, 0.05) is 18.0 Å². The number of alkyl halides is 1. The molecule has 1 aliphatic heterocycles. The van der Waals surface area contributed by atoms with Crippen molar-refractivity contribution in [3.63, 3.8) is 0 Å². The molecule has 0 amide bonds. The van der Waals surface area contributed by atoms with Gasteiger partial charge in [-0.15, -0.1) is 0 Å². The zero-order chi connectivity index (χ0) is 9.80. The fourth-order valence-corrected chi connectivity index (χ4v) is 2.75. The van der Waals surface area contributed by atoms with Crippen molar-refractivity contribution in [2.24, 2.45) is 5.92 Å². The Labute approximate surface area is 93.6 Å². The first-order chi connectivity index (χ1) is 6.88. The van der Waals surface area contributed by atoms with E-state index in [4.69, 9.17) is 4.74 Å². The molecule has 1 aliphatic rings. The third kappa shape index (κ3) is 2.37. The van der Waals surface area contributed by atoms with Crippen molar-refractivity contribution in [2.75, 3.05) is 13.2 Å². The van der Waals surface area contributed by atoms with Gasteiger partial charge in [0.05, 0.1) is 0 Å². The lowest BCUT2D eigenvalue weighted by Gasteiger charge is -2.26. The van der Waals surface area contributed by atoms with Crippen molar-refractivity contribution < 1.29 is 4.74 Å². The van der Waals surface area contributed by atoms with Crippen LogP contribution in [0.5, 0.6) is 0 Å². The van der Waals surface area contributed by atoms with Crippen molar-refractivity contribution in [3.05, 3.63) is 35.9 Å². The van der Waals surface area contributed by atoms with E-state index in [1.54, 1.807) is 0 Å². The van der Waals surface area contributed by atoms with E-state index in [-0.39, 0.29) is 0 Å². The summed E-state index contributed by atoms with van der Waals surface area (Å²) in [5, 5.41) is 0. The highest BCUT2D eigenvalue weighted by Gasteiger charge is 2.22. The fourth-order valence-electron chi connectivity index (χ4n) is 1.92. The third-order valence-electron chi connectivity index (χ3n) is 2.80. The molecule has 0 aliphatic carbocycles. The molecule has 0 saturated carbocycles. The van der Waals surface area contributed by atoms with Crippen LogP contribution in [-0.4, -0.2) is 13.2 Å². The third-order valence-corrected chi connectivity index (χ3v) is 4.07. The highest BCUT2D eigenvalue weighted by atomic mass is 79.9. The first kappa shape index (κ1) is 10.2. The van der Waals surface area contributed by atoms with E-state index in [2.05, 4.69) is 46.3 Å². The Kier molecular flexibility index (Phi) is 3.60. The van der Waals surface area contributed by atoms with Gasteiger partial charge in [0.2, 0.25) is 0 Å². The van der Waals surface area contributed by atoms with Crippen LogP contribution in [0.1, 0.15) is 23.2 Å². The van der Waals surface area contributed by atoms with E-state index in [0.29, 0.717) is 4.83 Å². The lowest BCUT2D eigenvalue weighted by Crippen LogP contribution is -2.19. The monoisotopic (exact) mass is 254 g/mol. The van der Waals surface area contributed by atoms with Gasteiger partial charge < -0.3 is 4.74 Å². The Morgan fingerprint density at radius 3 is 2.43 bits per heavy atom. The maximum absolute atomic E-state index is 5.36. The minimum atomic E-state index is 0.493. The van der Waals surface area contributed by atoms with Gasteiger partial charge in [-0.1, -0.05) is 46.3 Å². The summed E-state index contributed by atoms with van der Waals surface area (Å²) in [4.78, 5) is 0.493. The van der Waals surface area contributed by atoms with Gasteiger partial charge in [-0.2, -0.15) is 0 Å². The van der Waals surface area contributed by atoms with Crippen LogP contribution in [0.2, 0.25) is 0 Å². The number of halogens is 1. The first-order valence-electron chi connectivity index (χ1n) is 5.14. The SMILES string of the molecule is BrC(c1ccccc1)C1CCOCC1. The zero-order valence-corrected chi connectivity index (χ0v) is 9.74. The number of rotatable bonds is 2. The van der Waals surface area contributed by atoms with Gasteiger partial charge in [-0.25, -0.2) is 0 Å². The molecule has 1 nitrogen and oxygen atoms in total. The molecule has 0 bridgehead atoms. The van der Waals surface area contributed by atoms with Gasteiger partial charge in [0.15, 0.2) is 0 Å². The molecular weight excluding hydrogens is 240 g/mol. The molecule has 14 heavy (non-hydrogen) atoms. The topological polar surface area (TPSA) is 9.23 Å². The van der Waals surface area contributed by atoms with Crippen LogP contribution in [0.3, 0.4) is 0 Å². The van der Waals surface area contributed by atoms with Crippen molar-refractivity contribution in [3.8, 4) is 0 Å². The summed E-state index contributed by atoms with van der Waals surface area (Å²) >= 11 is 3.79. The molecule has 1 heterocycles. The fraction of sp³-hybridized carbons (Fsp3) is 0.500. The molecule has 1 atom stereocenters. The zero-order valence-electron chi connectivity index (χ0n) is 8.16. The molecule has 1 saturated heterocycles. The van der Waals surface area contributed by atoms with Crippen molar-refractivity contribution >= 4 is 15.9 Å². The number of ether oxygens (including phenoxy) is 1. The van der Waals surface area contributed by atoms with Gasteiger partial charge in [-0.3, -0.25) is 0 Å². The maximum atomic E-state index is 5.36. The summed E-state index contributed by atoms with van der Waals surface area (Å²) in [7, 11) is 0. The molecule has 76 valence electrons. The summed E-state index contributed by atoms with van der Waals surface area (Å²) in [6.45, 7) is 1.83. The molecular formula is C12H15BrO. The van der Waals surface area contributed by atoms with E-state index >= 15 is 0 Å². The average molecular weight is 255 g/mol. The molecule has 2 rings (SSSR count). The molecule has 2 heteroatoms. The quantitative estimate of drug-likeness (QED) is 0.734. The van der Waals surface area contributed by atoms with E-state index < -0.39 is 0 Å². The van der Waals surface area contributed by atoms with Gasteiger partial charge in [-0.05, 0) is 24.3 Å². The standard InChI is InChI=1S/C12H15BrO/c13-12(10-4-2-1-3-5-10)11-6-8-14-9-7-11/h1-5,11-12H,6-9H2. The molecule has 1 fully saturated rings. The van der Waals surface area contributed by atoms with E-state index in [0.717, 1.165) is 19.1 Å². The lowest BCUT2D eigenvalue weighted by atomic mass is 9.92. The predicted molar refractivity (Wildman–Crippen MR) is 61.7 cm³/mol. The largest absolute Gasteiger partial charge is 0.381 e. The Balaban J connectivity index is 2.03. The highest BCUT2D eigenvalue weighted by molar-refractivity contribution is 9.09. The second-order valence-electron chi connectivity index (χ2n) is 3.76. The summed E-state index contributed by atoms with van der Waals surface area (Å²) in [5.41, 5.74) is 1.39. The maximum Gasteiger partial charge on any atom is 0.0469 e. The minimum Gasteiger partial charge on any atom is -0.381 e. The summed E-state index contributed by atoms with van der Waals surface area (Å²) in [5.74, 6) is 0.728. The van der Waals surface area contributed by atoms with Crippen LogP contribution in [0.4, 0.5) is 0 Å². The summed E-state index contributed by atoms with van der Waals surface area (Å²) in [6, 6.07) is 10.6. The second-order valence-corrected chi connectivity index (χ2v) is 4.75. The molecule has 1 unspecified atom stereocenters.